The van der Waals surface area contributed by atoms with Crippen molar-refractivity contribution in [3.63, 3.8) is 0 Å². The van der Waals surface area contributed by atoms with E-state index in [0.29, 0.717) is 5.56 Å². The fourth-order valence-electron chi connectivity index (χ4n) is 1.88. The summed E-state index contributed by atoms with van der Waals surface area (Å²) >= 11 is 3.33. The van der Waals surface area contributed by atoms with Gasteiger partial charge in [0.25, 0.3) is 5.69 Å². The van der Waals surface area contributed by atoms with Gasteiger partial charge in [0.05, 0.1) is 11.3 Å². The largest absolute Gasteiger partial charge is 0.273 e. The summed E-state index contributed by atoms with van der Waals surface area (Å²) < 4.78 is 0.955. The van der Waals surface area contributed by atoms with Crippen LogP contribution in [0.4, 0.5) is 5.69 Å². The van der Waals surface area contributed by atoms with E-state index < -0.39 is 4.92 Å². The van der Waals surface area contributed by atoms with Crippen molar-refractivity contribution in [2.75, 3.05) is 0 Å². The molecule has 1 amide bonds. The molecule has 122 valence electrons. The number of nitro groups is 1. The Balaban J connectivity index is 1.83. The first kappa shape index (κ1) is 17.6. The number of nitrogens with zero attached hydrogens (tertiary/aromatic N) is 2. The lowest BCUT2D eigenvalue weighted by molar-refractivity contribution is -0.384. The summed E-state index contributed by atoms with van der Waals surface area (Å²) in [5, 5.41) is 14.5. The van der Waals surface area contributed by atoms with Gasteiger partial charge in [0.2, 0.25) is 5.91 Å². The van der Waals surface area contributed by atoms with Crippen molar-refractivity contribution in [3.8, 4) is 0 Å². The topological polar surface area (TPSA) is 84.6 Å². The number of halogens is 1. The summed E-state index contributed by atoms with van der Waals surface area (Å²) in [6.45, 7) is 0. The minimum Gasteiger partial charge on any atom is -0.273 e. The predicted octanol–water partition coefficient (Wildman–Crippen LogP) is 3.72. The van der Waals surface area contributed by atoms with Crippen LogP contribution in [0.5, 0.6) is 0 Å². The molecule has 0 fully saturated rings. The van der Waals surface area contributed by atoms with Gasteiger partial charge in [-0.25, -0.2) is 5.43 Å². The van der Waals surface area contributed by atoms with Crippen LogP contribution >= 0.6 is 15.9 Å². The van der Waals surface area contributed by atoms with Gasteiger partial charge < -0.3 is 0 Å². The van der Waals surface area contributed by atoms with E-state index in [0.717, 1.165) is 10.0 Å². The zero-order valence-electron chi connectivity index (χ0n) is 12.6. The second kappa shape index (κ2) is 8.73. The third-order valence-electron chi connectivity index (χ3n) is 3.00. The van der Waals surface area contributed by atoms with Crippen LogP contribution in [0.3, 0.4) is 0 Å². The summed E-state index contributed by atoms with van der Waals surface area (Å²) in [5.41, 5.74) is 4.01. The number of carbonyl (C=O) groups is 1. The second-order valence-corrected chi connectivity index (χ2v) is 5.74. The number of benzene rings is 2. The molecule has 0 unspecified atom stereocenters. The van der Waals surface area contributed by atoms with Crippen LogP contribution in [0.2, 0.25) is 0 Å². The molecule has 2 aromatic rings. The summed E-state index contributed by atoms with van der Waals surface area (Å²) in [6, 6.07) is 13.7. The summed E-state index contributed by atoms with van der Waals surface area (Å²) in [7, 11) is 0. The van der Waals surface area contributed by atoms with E-state index in [2.05, 4.69) is 26.5 Å². The lowest BCUT2D eigenvalue weighted by Gasteiger charge is -2.00. The Morgan fingerprint density at radius 1 is 1.25 bits per heavy atom. The second-order valence-electron chi connectivity index (χ2n) is 4.83. The molecule has 7 heteroatoms. The first-order valence-electron chi connectivity index (χ1n) is 7.02. The van der Waals surface area contributed by atoms with Gasteiger partial charge in [-0.1, -0.05) is 46.3 Å². The number of nitro benzene ring substituents is 1. The number of non-ortho nitro benzene ring substituents is 1. The minimum atomic E-state index is -0.451. The first-order valence-corrected chi connectivity index (χ1v) is 7.81. The average molecular weight is 388 g/mol. The Kier molecular flexibility index (Phi) is 6.39. The Morgan fingerprint density at radius 2 is 2.00 bits per heavy atom. The molecule has 2 aromatic carbocycles. The third-order valence-corrected chi connectivity index (χ3v) is 3.53. The standard InChI is InChI=1S/C17H14BrN3O3/c18-15-8-6-14(7-9-15)12-17(22)20-19-10-2-4-13-3-1-5-16(11-13)21(23)24/h1-11H,12H2,(H,20,22)/b4-2+,19-10+. The number of hydrogen-bond acceptors (Lipinski definition) is 4. The van der Waals surface area contributed by atoms with Gasteiger partial charge in [0.1, 0.15) is 0 Å². The van der Waals surface area contributed by atoms with Crippen LogP contribution in [0, 0.1) is 10.1 Å². The highest BCUT2D eigenvalue weighted by Gasteiger charge is 2.03. The number of hydrazone groups is 1. The molecule has 0 saturated heterocycles. The number of hydrogen-bond donors (Lipinski definition) is 1. The predicted molar refractivity (Wildman–Crippen MR) is 96.6 cm³/mol. The monoisotopic (exact) mass is 387 g/mol. The van der Waals surface area contributed by atoms with E-state index in [9.17, 15) is 14.9 Å². The van der Waals surface area contributed by atoms with Gasteiger partial charge in [-0.2, -0.15) is 5.10 Å². The Labute approximate surface area is 147 Å². The molecular formula is C17H14BrN3O3. The van der Waals surface area contributed by atoms with E-state index in [1.165, 1.54) is 18.3 Å². The van der Waals surface area contributed by atoms with E-state index in [1.807, 2.05) is 24.3 Å². The maximum absolute atomic E-state index is 11.7. The van der Waals surface area contributed by atoms with Gasteiger partial charge in [-0.3, -0.25) is 14.9 Å². The normalized spacial score (nSPS) is 11.0. The van der Waals surface area contributed by atoms with Crippen molar-refractivity contribution < 1.29 is 9.72 Å². The zero-order chi connectivity index (χ0) is 17.4. The van der Waals surface area contributed by atoms with Gasteiger partial charge in [0, 0.05) is 22.8 Å². The maximum atomic E-state index is 11.7. The molecule has 0 spiro atoms. The van der Waals surface area contributed by atoms with Crippen LogP contribution < -0.4 is 5.43 Å². The molecule has 0 atom stereocenters. The molecule has 0 heterocycles. The highest BCUT2D eigenvalue weighted by molar-refractivity contribution is 9.10. The maximum Gasteiger partial charge on any atom is 0.270 e. The van der Waals surface area contributed by atoms with Crippen molar-refractivity contribution in [2.45, 2.75) is 6.42 Å². The minimum absolute atomic E-state index is 0.0249. The van der Waals surface area contributed by atoms with Crippen molar-refractivity contribution in [2.24, 2.45) is 5.10 Å². The molecule has 0 aliphatic carbocycles. The van der Waals surface area contributed by atoms with Crippen LogP contribution in [-0.4, -0.2) is 17.0 Å². The average Bonchev–Trinajstić information content (AvgIpc) is 2.57. The Bertz CT molecular complexity index is 786. The molecule has 2 rings (SSSR count). The summed E-state index contributed by atoms with van der Waals surface area (Å²) in [6.07, 6.45) is 4.91. The molecular weight excluding hydrogens is 374 g/mol. The number of nitrogens with one attached hydrogen (secondary N) is 1. The molecule has 0 aliphatic rings. The summed E-state index contributed by atoms with van der Waals surface area (Å²) in [4.78, 5) is 21.9. The number of allylic oxidation sites excluding steroid dienone is 1. The summed E-state index contributed by atoms with van der Waals surface area (Å²) in [5.74, 6) is -0.225. The van der Waals surface area contributed by atoms with Crippen LogP contribution in [0.15, 0.2) is 64.2 Å². The van der Waals surface area contributed by atoms with Crippen LogP contribution in [0.1, 0.15) is 11.1 Å². The molecule has 0 bridgehead atoms. The zero-order valence-corrected chi connectivity index (χ0v) is 14.1. The Morgan fingerprint density at radius 3 is 2.71 bits per heavy atom. The molecule has 0 aliphatic heterocycles. The lowest BCUT2D eigenvalue weighted by atomic mass is 10.1. The van der Waals surface area contributed by atoms with Gasteiger partial charge in [0.15, 0.2) is 0 Å². The van der Waals surface area contributed by atoms with Gasteiger partial charge >= 0.3 is 0 Å². The number of amides is 1. The van der Waals surface area contributed by atoms with E-state index >= 15 is 0 Å². The van der Waals surface area contributed by atoms with Gasteiger partial charge in [-0.05, 0) is 29.3 Å². The van der Waals surface area contributed by atoms with Crippen LogP contribution in [0.25, 0.3) is 6.08 Å². The molecule has 24 heavy (non-hydrogen) atoms. The van der Waals surface area contributed by atoms with E-state index in [-0.39, 0.29) is 18.0 Å². The molecule has 0 saturated carbocycles. The van der Waals surface area contributed by atoms with E-state index in [4.69, 9.17) is 0 Å². The highest BCUT2D eigenvalue weighted by atomic mass is 79.9. The molecule has 0 aromatic heterocycles. The highest BCUT2D eigenvalue weighted by Crippen LogP contribution is 2.14. The smallest absolute Gasteiger partial charge is 0.270 e. The van der Waals surface area contributed by atoms with Crippen molar-refractivity contribution in [1.82, 2.24) is 5.43 Å². The third kappa shape index (κ3) is 5.77. The fourth-order valence-corrected chi connectivity index (χ4v) is 2.14. The van der Waals surface area contributed by atoms with Crippen molar-refractivity contribution in [3.05, 3.63) is 80.3 Å². The molecule has 0 radical (unpaired) electrons. The number of rotatable bonds is 6. The quantitative estimate of drug-likeness (QED) is 0.465. The van der Waals surface area contributed by atoms with Crippen LogP contribution in [-0.2, 0) is 11.2 Å². The lowest BCUT2D eigenvalue weighted by Crippen LogP contribution is -2.19. The SMILES string of the molecule is O=C(Cc1ccc(Br)cc1)N/N=C/C=C/c1cccc([N+](=O)[O-])c1. The number of carbonyl (C=O) groups excluding carboxylic acids is 1. The molecule has 1 N–H and O–H groups in total. The Hall–Kier alpha value is -2.80. The first-order chi connectivity index (χ1) is 11.5. The van der Waals surface area contributed by atoms with Gasteiger partial charge in [-0.15, -0.1) is 0 Å². The van der Waals surface area contributed by atoms with Crippen molar-refractivity contribution in [1.29, 1.82) is 0 Å². The van der Waals surface area contributed by atoms with E-state index in [1.54, 1.807) is 24.3 Å². The fraction of sp³-hybridized carbons (Fsp3) is 0.0588. The molecule has 6 nitrogen and oxygen atoms in total. The van der Waals surface area contributed by atoms with Crippen molar-refractivity contribution >= 4 is 39.8 Å².